The largest absolute Gasteiger partial charge is 0.454 e. The van der Waals surface area contributed by atoms with Crippen LogP contribution in [-0.2, 0) is 6.54 Å². The van der Waals surface area contributed by atoms with Gasteiger partial charge in [0.05, 0.1) is 22.4 Å². The molecule has 37 heavy (non-hydrogen) atoms. The van der Waals surface area contributed by atoms with Gasteiger partial charge in [-0.2, -0.15) is 0 Å². The lowest BCUT2D eigenvalue weighted by Gasteiger charge is -2.12. The van der Waals surface area contributed by atoms with Gasteiger partial charge in [0.15, 0.2) is 11.5 Å². The van der Waals surface area contributed by atoms with Crippen molar-refractivity contribution in [3.05, 3.63) is 88.5 Å². The van der Waals surface area contributed by atoms with E-state index in [4.69, 9.17) is 9.47 Å². The Labute approximate surface area is 213 Å². The molecule has 9 nitrogen and oxygen atoms in total. The van der Waals surface area contributed by atoms with E-state index in [1.165, 1.54) is 23.1 Å². The molecule has 0 saturated carbocycles. The predicted molar refractivity (Wildman–Crippen MR) is 135 cm³/mol. The van der Waals surface area contributed by atoms with Crippen LogP contribution in [0.25, 0.3) is 0 Å². The van der Waals surface area contributed by atoms with Gasteiger partial charge in [0, 0.05) is 18.7 Å². The van der Waals surface area contributed by atoms with Gasteiger partial charge in [0.2, 0.25) is 6.79 Å². The Balaban J connectivity index is 1.28. The highest BCUT2D eigenvalue weighted by molar-refractivity contribution is 6.22. The fraction of sp³-hybridized carbons (Fsp3) is 0.214. The molecule has 0 saturated heterocycles. The first-order valence-corrected chi connectivity index (χ1v) is 12.0. The maximum atomic E-state index is 13.0. The molecule has 0 spiro atoms. The van der Waals surface area contributed by atoms with Crippen LogP contribution in [-0.4, -0.2) is 41.9 Å². The number of anilines is 1. The summed E-state index contributed by atoms with van der Waals surface area (Å²) in [7, 11) is 0. The number of nitrogens with one attached hydrogen (secondary N) is 2. The summed E-state index contributed by atoms with van der Waals surface area (Å²) in [4.78, 5) is 52.5. The third kappa shape index (κ3) is 4.75. The van der Waals surface area contributed by atoms with Gasteiger partial charge >= 0.3 is 0 Å². The molecule has 0 aliphatic carbocycles. The lowest BCUT2D eigenvalue weighted by molar-refractivity contribution is 0.0651. The van der Waals surface area contributed by atoms with E-state index in [1.807, 2.05) is 13.0 Å². The minimum absolute atomic E-state index is 0.171. The zero-order valence-electron chi connectivity index (χ0n) is 20.2. The molecule has 2 aliphatic rings. The summed E-state index contributed by atoms with van der Waals surface area (Å²) in [5.41, 5.74) is 2.17. The smallest absolute Gasteiger partial charge is 0.261 e. The number of carbonyl (C=O) groups excluding carboxylic acids is 4. The standard InChI is InChI=1S/C28H25N3O6/c1-2-3-12-31-27(34)19-10-9-18(14-21(19)28(31)35)25(32)30-22-7-5-4-6-20(22)26(33)29-15-17-8-11-23-24(13-17)37-16-36-23/h4-11,13-14H,2-3,12,15-16H2,1H3,(H,29,33)(H,30,32). The number of hydrogen-bond donors (Lipinski definition) is 2. The van der Waals surface area contributed by atoms with E-state index in [-0.39, 0.29) is 41.8 Å². The Morgan fingerprint density at radius 3 is 2.51 bits per heavy atom. The Kier molecular flexibility index (Phi) is 6.59. The highest BCUT2D eigenvalue weighted by Crippen LogP contribution is 2.32. The summed E-state index contributed by atoms with van der Waals surface area (Å²) < 4.78 is 10.7. The minimum Gasteiger partial charge on any atom is -0.454 e. The van der Waals surface area contributed by atoms with Crippen LogP contribution in [0.3, 0.4) is 0 Å². The summed E-state index contributed by atoms with van der Waals surface area (Å²) in [6.07, 6.45) is 1.57. The van der Waals surface area contributed by atoms with E-state index in [1.54, 1.807) is 36.4 Å². The van der Waals surface area contributed by atoms with Crippen LogP contribution < -0.4 is 20.1 Å². The summed E-state index contributed by atoms with van der Waals surface area (Å²) in [5, 5.41) is 5.61. The highest BCUT2D eigenvalue weighted by Gasteiger charge is 2.35. The third-order valence-electron chi connectivity index (χ3n) is 6.28. The van der Waals surface area contributed by atoms with Gasteiger partial charge in [0.1, 0.15) is 0 Å². The second kappa shape index (κ2) is 10.1. The van der Waals surface area contributed by atoms with Gasteiger partial charge in [0.25, 0.3) is 23.6 Å². The number of rotatable bonds is 8. The Morgan fingerprint density at radius 2 is 1.68 bits per heavy atom. The van der Waals surface area contributed by atoms with Crippen molar-refractivity contribution in [1.29, 1.82) is 0 Å². The number of para-hydroxylation sites is 1. The molecule has 0 bridgehead atoms. The van der Waals surface area contributed by atoms with Crippen molar-refractivity contribution in [1.82, 2.24) is 10.2 Å². The summed E-state index contributed by atoms with van der Waals surface area (Å²) >= 11 is 0. The highest BCUT2D eigenvalue weighted by atomic mass is 16.7. The lowest BCUT2D eigenvalue weighted by atomic mass is 10.0. The van der Waals surface area contributed by atoms with Crippen LogP contribution >= 0.6 is 0 Å². The van der Waals surface area contributed by atoms with Crippen molar-refractivity contribution >= 4 is 29.3 Å². The summed E-state index contributed by atoms with van der Waals surface area (Å²) in [6, 6.07) is 16.5. The van der Waals surface area contributed by atoms with Crippen molar-refractivity contribution in [2.75, 3.05) is 18.7 Å². The topological polar surface area (TPSA) is 114 Å². The Hall–Kier alpha value is -4.66. The van der Waals surface area contributed by atoms with Gasteiger partial charge < -0.3 is 20.1 Å². The van der Waals surface area contributed by atoms with Crippen molar-refractivity contribution in [2.24, 2.45) is 0 Å². The number of imide groups is 1. The van der Waals surface area contributed by atoms with Gasteiger partial charge in [-0.15, -0.1) is 0 Å². The SMILES string of the molecule is CCCCN1C(=O)c2ccc(C(=O)Nc3ccccc3C(=O)NCc3ccc4c(c3)OCO4)cc2C1=O. The van der Waals surface area contributed by atoms with Crippen LogP contribution in [0.1, 0.15) is 66.8 Å². The minimum atomic E-state index is -0.494. The van der Waals surface area contributed by atoms with Crippen LogP contribution in [0.5, 0.6) is 11.5 Å². The van der Waals surface area contributed by atoms with E-state index < -0.39 is 11.8 Å². The number of ether oxygens (including phenoxy) is 2. The second-order valence-electron chi connectivity index (χ2n) is 8.75. The summed E-state index contributed by atoms with van der Waals surface area (Å²) in [6.45, 7) is 2.76. The molecule has 2 aliphatic heterocycles. The molecule has 4 amide bonds. The first-order valence-electron chi connectivity index (χ1n) is 12.0. The molecule has 5 rings (SSSR count). The van der Waals surface area contributed by atoms with E-state index in [9.17, 15) is 19.2 Å². The molecule has 9 heteroatoms. The zero-order chi connectivity index (χ0) is 25.9. The number of amides is 4. The van der Waals surface area contributed by atoms with Crippen molar-refractivity contribution in [2.45, 2.75) is 26.3 Å². The molecule has 0 atom stereocenters. The molecule has 0 radical (unpaired) electrons. The van der Waals surface area contributed by atoms with E-state index >= 15 is 0 Å². The molecule has 0 aromatic heterocycles. The van der Waals surface area contributed by atoms with E-state index in [2.05, 4.69) is 10.6 Å². The van der Waals surface area contributed by atoms with Crippen molar-refractivity contribution in [3.63, 3.8) is 0 Å². The van der Waals surface area contributed by atoms with Crippen LogP contribution in [0.2, 0.25) is 0 Å². The first-order chi connectivity index (χ1) is 18.0. The quantitative estimate of drug-likeness (QED) is 0.453. The average Bonchev–Trinajstić information content (AvgIpc) is 3.48. The molecule has 2 heterocycles. The van der Waals surface area contributed by atoms with Crippen molar-refractivity contribution < 1.29 is 28.7 Å². The lowest BCUT2D eigenvalue weighted by Crippen LogP contribution is -2.30. The fourth-order valence-corrected chi connectivity index (χ4v) is 4.26. The molecule has 2 N–H and O–H groups in total. The molecule has 3 aromatic carbocycles. The average molecular weight is 500 g/mol. The number of unbranched alkanes of at least 4 members (excludes halogenated alkanes) is 1. The maximum Gasteiger partial charge on any atom is 0.261 e. The molecular formula is C28H25N3O6. The first kappa shape index (κ1) is 24.1. The molecule has 0 fully saturated rings. The molecule has 3 aromatic rings. The monoisotopic (exact) mass is 499 g/mol. The number of carbonyl (C=O) groups is 4. The van der Waals surface area contributed by atoms with Gasteiger partial charge in [-0.25, -0.2) is 0 Å². The molecular weight excluding hydrogens is 474 g/mol. The van der Waals surface area contributed by atoms with Gasteiger partial charge in [-0.1, -0.05) is 31.5 Å². The number of nitrogens with zero attached hydrogens (tertiary/aromatic N) is 1. The zero-order valence-corrected chi connectivity index (χ0v) is 20.2. The normalized spacial score (nSPS) is 13.5. The molecule has 0 unspecified atom stereocenters. The third-order valence-corrected chi connectivity index (χ3v) is 6.28. The van der Waals surface area contributed by atoms with E-state index in [0.717, 1.165) is 12.0 Å². The second-order valence-corrected chi connectivity index (χ2v) is 8.75. The van der Waals surface area contributed by atoms with Crippen LogP contribution in [0, 0.1) is 0 Å². The van der Waals surface area contributed by atoms with Crippen LogP contribution in [0.4, 0.5) is 5.69 Å². The van der Waals surface area contributed by atoms with Crippen LogP contribution in [0.15, 0.2) is 60.7 Å². The van der Waals surface area contributed by atoms with Crippen molar-refractivity contribution in [3.8, 4) is 11.5 Å². The summed E-state index contributed by atoms with van der Waals surface area (Å²) in [5.74, 6) is -0.311. The number of hydrogen-bond acceptors (Lipinski definition) is 6. The maximum absolute atomic E-state index is 13.0. The van der Waals surface area contributed by atoms with E-state index in [0.29, 0.717) is 35.7 Å². The molecule has 188 valence electrons. The fourth-order valence-electron chi connectivity index (χ4n) is 4.26. The predicted octanol–water partition coefficient (Wildman–Crippen LogP) is 3.99. The Bertz CT molecular complexity index is 1420. The van der Waals surface area contributed by atoms with Gasteiger partial charge in [-0.3, -0.25) is 24.1 Å². The number of fused-ring (bicyclic) bond motifs is 2. The van der Waals surface area contributed by atoms with Gasteiger partial charge in [-0.05, 0) is 54.4 Å². The number of benzene rings is 3. The Morgan fingerprint density at radius 1 is 0.892 bits per heavy atom.